The van der Waals surface area contributed by atoms with Gasteiger partial charge in [0, 0.05) is 35.5 Å². The number of aromatic nitrogens is 2. The first-order chi connectivity index (χ1) is 19.6. The van der Waals surface area contributed by atoms with Gasteiger partial charge in [0.25, 0.3) is 0 Å². The first kappa shape index (κ1) is 29.9. The molecule has 0 bridgehead atoms. The predicted molar refractivity (Wildman–Crippen MR) is 155 cm³/mol. The van der Waals surface area contributed by atoms with E-state index in [0.29, 0.717) is 29.1 Å². The molecule has 11 heteroatoms. The average Bonchev–Trinajstić information content (AvgIpc) is 3.40. The van der Waals surface area contributed by atoms with E-state index < -0.39 is 23.5 Å². The zero-order valence-electron chi connectivity index (χ0n) is 23.1. The number of carboxylic acid groups (broad SMARTS) is 1. The van der Waals surface area contributed by atoms with E-state index in [1.54, 1.807) is 26.8 Å². The molecule has 216 valence electrons. The fraction of sp³-hybridized carbons (Fsp3) is 0.333. The van der Waals surface area contributed by atoms with E-state index in [4.69, 9.17) is 19.3 Å². The molecule has 2 heterocycles. The van der Waals surface area contributed by atoms with Crippen LogP contribution in [0.4, 0.5) is 9.18 Å². The number of hydrogen-bond donors (Lipinski definition) is 2. The largest absolute Gasteiger partial charge is 0.490 e. The Morgan fingerprint density at radius 2 is 1.83 bits per heavy atom. The third kappa shape index (κ3) is 8.45. The molecule has 0 atom stereocenters. The van der Waals surface area contributed by atoms with Crippen LogP contribution in [-0.2, 0) is 20.7 Å². The number of carboxylic acids is 1. The summed E-state index contributed by atoms with van der Waals surface area (Å²) in [7, 11) is 0. The van der Waals surface area contributed by atoms with Crippen molar-refractivity contribution in [3.63, 3.8) is 0 Å². The van der Waals surface area contributed by atoms with Gasteiger partial charge in [0.05, 0.1) is 17.9 Å². The Bertz CT molecular complexity index is 1520. The van der Waals surface area contributed by atoms with Gasteiger partial charge in [0.2, 0.25) is 0 Å². The highest BCUT2D eigenvalue weighted by molar-refractivity contribution is 7.17. The molecule has 1 amide bonds. The molecule has 2 N–H and O–H groups in total. The van der Waals surface area contributed by atoms with Gasteiger partial charge in [-0.15, -0.1) is 21.5 Å². The number of aliphatic carboxylic acids is 1. The summed E-state index contributed by atoms with van der Waals surface area (Å²) in [6.07, 6.45) is -0.0509. The van der Waals surface area contributed by atoms with Crippen LogP contribution >= 0.6 is 11.3 Å². The molecule has 0 spiro atoms. The quantitative estimate of drug-likeness (QED) is 0.193. The zero-order valence-corrected chi connectivity index (χ0v) is 23.9. The lowest BCUT2D eigenvalue weighted by Gasteiger charge is -2.19. The minimum atomic E-state index is -0.848. The molecule has 4 rings (SSSR count). The molecule has 0 unspecified atom stereocenters. The number of fused-ring (bicyclic) bond motifs is 1. The van der Waals surface area contributed by atoms with Crippen molar-refractivity contribution in [3.05, 3.63) is 65.3 Å². The highest BCUT2D eigenvalue weighted by Crippen LogP contribution is 2.39. The van der Waals surface area contributed by atoms with Crippen LogP contribution in [-0.4, -0.2) is 59.3 Å². The van der Waals surface area contributed by atoms with Gasteiger partial charge in [-0.1, -0.05) is 18.2 Å². The molecule has 0 radical (unpaired) electrons. The van der Waals surface area contributed by atoms with Crippen LogP contribution in [0.25, 0.3) is 32.6 Å². The smallest absolute Gasteiger partial charge is 0.407 e. The highest BCUT2D eigenvalue weighted by atomic mass is 32.1. The van der Waals surface area contributed by atoms with Gasteiger partial charge < -0.3 is 24.6 Å². The summed E-state index contributed by atoms with van der Waals surface area (Å²) >= 11 is 1.49. The first-order valence-electron chi connectivity index (χ1n) is 13.1. The second kappa shape index (κ2) is 13.5. The molecular formula is C30H32FN3O6S. The molecule has 0 saturated heterocycles. The number of rotatable bonds is 12. The number of nitrogens with zero attached hydrogens (tertiary/aromatic N) is 2. The topological polar surface area (TPSA) is 120 Å². The van der Waals surface area contributed by atoms with Crippen molar-refractivity contribution in [2.75, 3.05) is 26.4 Å². The fourth-order valence-corrected chi connectivity index (χ4v) is 4.95. The normalized spacial score (nSPS) is 11.4. The molecular weight excluding hydrogens is 549 g/mol. The summed E-state index contributed by atoms with van der Waals surface area (Å²) < 4.78 is 31.6. The number of benzene rings is 2. The van der Waals surface area contributed by atoms with Crippen molar-refractivity contribution in [1.29, 1.82) is 0 Å². The number of amides is 1. The summed E-state index contributed by atoms with van der Waals surface area (Å²) in [6.45, 7) is 6.29. The standard InChI is InChI=1S/C30H32FN3O6S/c1-30(2,3)40-29(37)32-12-13-38-14-15-39-24-18-21(31)8-9-22(24)27-28-23(11-16-41-28)26(33-34-27)20-6-4-5-19(17-20)7-10-25(35)36/h4-6,8-9,11,16-18H,7,10,12-15H2,1-3H3,(H,32,37)(H,35,36). The molecule has 0 fully saturated rings. The molecule has 2 aromatic heterocycles. The van der Waals surface area contributed by atoms with Crippen LogP contribution in [0.2, 0.25) is 0 Å². The monoisotopic (exact) mass is 581 g/mol. The van der Waals surface area contributed by atoms with Gasteiger partial charge in [-0.05, 0) is 62.4 Å². The summed E-state index contributed by atoms with van der Waals surface area (Å²) in [6, 6.07) is 13.8. The minimum Gasteiger partial charge on any atom is -0.490 e. The number of nitrogens with one attached hydrogen (secondary N) is 1. The van der Waals surface area contributed by atoms with Gasteiger partial charge >= 0.3 is 12.1 Å². The van der Waals surface area contributed by atoms with Crippen molar-refractivity contribution >= 4 is 33.5 Å². The van der Waals surface area contributed by atoms with E-state index in [2.05, 4.69) is 15.5 Å². The maximum atomic E-state index is 14.2. The molecule has 4 aromatic rings. The number of thiophene rings is 1. The maximum absolute atomic E-state index is 14.2. The molecule has 0 aliphatic carbocycles. The van der Waals surface area contributed by atoms with E-state index in [1.807, 2.05) is 35.7 Å². The number of carbonyl (C=O) groups is 2. The molecule has 0 aliphatic heterocycles. The maximum Gasteiger partial charge on any atom is 0.407 e. The molecule has 0 aliphatic rings. The lowest BCUT2D eigenvalue weighted by molar-refractivity contribution is -0.136. The van der Waals surface area contributed by atoms with E-state index >= 15 is 0 Å². The fourth-order valence-electron chi connectivity index (χ4n) is 4.06. The average molecular weight is 582 g/mol. The van der Waals surface area contributed by atoms with Gasteiger partial charge in [0.15, 0.2) is 0 Å². The van der Waals surface area contributed by atoms with Crippen LogP contribution in [0.15, 0.2) is 53.9 Å². The number of halogens is 1. The van der Waals surface area contributed by atoms with Crippen molar-refractivity contribution in [2.24, 2.45) is 0 Å². The minimum absolute atomic E-state index is 0.0449. The second-order valence-corrected chi connectivity index (χ2v) is 11.1. The van der Waals surface area contributed by atoms with E-state index in [9.17, 15) is 14.0 Å². The lowest BCUT2D eigenvalue weighted by Crippen LogP contribution is -2.34. The molecule has 9 nitrogen and oxygen atoms in total. The zero-order chi connectivity index (χ0) is 29.4. The Labute approximate surface area is 241 Å². The van der Waals surface area contributed by atoms with Crippen LogP contribution in [0.1, 0.15) is 32.8 Å². The Balaban J connectivity index is 1.44. The van der Waals surface area contributed by atoms with Crippen molar-refractivity contribution < 1.29 is 33.3 Å². The third-order valence-electron chi connectivity index (χ3n) is 5.81. The lowest BCUT2D eigenvalue weighted by atomic mass is 10.0. The second-order valence-electron chi connectivity index (χ2n) is 10.2. The summed E-state index contributed by atoms with van der Waals surface area (Å²) in [5.74, 6) is -0.983. The Morgan fingerprint density at radius 1 is 1.02 bits per heavy atom. The third-order valence-corrected chi connectivity index (χ3v) is 6.73. The van der Waals surface area contributed by atoms with Gasteiger partial charge in [-0.3, -0.25) is 4.79 Å². The van der Waals surface area contributed by atoms with Gasteiger partial charge in [0.1, 0.15) is 35.2 Å². The van der Waals surface area contributed by atoms with Crippen LogP contribution in [0.5, 0.6) is 5.75 Å². The van der Waals surface area contributed by atoms with E-state index in [1.165, 1.54) is 23.5 Å². The Hall–Kier alpha value is -4.09. The van der Waals surface area contributed by atoms with Crippen molar-refractivity contribution in [1.82, 2.24) is 15.5 Å². The summed E-state index contributed by atoms with van der Waals surface area (Å²) in [4.78, 5) is 22.7. The number of aryl methyl sites for hydroxylation is 1. The van der Waals surface area contributed by atoms with Crippen molar-refractivity contribution in [2.45, 2.75) is 39.2 Å². The predicted octanol–water partition coefficient (Wildman–Crippen LogP) is 6.10. The van der Waals surface area contributed by atoms with Gasteiger partial charge in [-0.25, -0.2) is 9.18 Å². The summed E-state index contributed by atoms with van der Waals surface area (Å²) in [5.41, 5.74) is 3.01. The Morgan fingerprint density at radius 3 is 2.61 bits per heavy atom. The Kier molecular flexibility index (Phi) is 9.85. The van der Waals surface area contributed by atoms with Crippen LogP contribution in [0.3, 0.4) is 0 Å². The van der Waals surface area contributed by atoms with Gasteiger partial charge in [-0.2, -0.15) is 0 Å². The number of carbonyl (C=O) groups excluding carboxylic acids is 1. The van der Waals surface area contributed by atoms with Crippen molar-refractivity contribution in [3.8, 4) is 28.3 Å². The molecule has 0 saturated carbocycles. The van der Waals surface area contributed by atoms with Crippen LogP contribution in [0, 0.1) is 5.82 Å². The number of alkyl carbamates (subject to hydrolysis) is 1. The summed E-state index contributed by atoms with van der Waals surface area (Å²) in [5, 5.41) is 23.5. The van der Waals surface area contributed by atoms with E-state index in [-0.39, 0.29) is 32.8 Å². The number of hydrogen-bond acceptors (Lipinski definition) is 8. The first-order valence-corrected chi connectivity index (χ1v) is 14.0. The SMILES string of the molecule is CC(C)(C)OC(=O)NCCOCCOc1cc(F)ccc1-c1nnc(-c2cccc(CCC(=O)O)c2)c2ccsc12. The van der Waals surface area contributed by atoms with E-state index in [0.717, 1.165) is 21.2 Å². The van der Waals surface area contributed by atoms with Crippen LogP contribution < -0.4 is 10.1 Å². The number of ether oxygens (including phenoxy) is 3. The molecule has 41 heavy (non-hydrogen) atoms. The molecule has 2 aromatic carbocycles. The highest BCUT2D eigenvalue weighted by Gasteiger charge is 2.18.